The van der Waals surface area contributed by atoms with Gasteiger partial charge >= 0.3 is 0 Å². The van der Waals surface area contributed by atoms with Crippen LogP contribution in [-0.2, 0) is 0 Å². The summed E-state index contributed by atoms with van der Waals surface area (Å²) < 4.78 is 6.20. The first-order valence-corrected chi connectivity index (χ1v) is 8.11. The van der Waals surface area contributed by atoms with Gasteiger partial charge in [0, 0.05) is 29.1 Å². The maximum absolute atomic E-state index is 6.20. The summed E-state index contributed by atoms with van der Waals surface area (Å²) in [7, 11) is 0. The van der Waals surface area contributed by atoms with Gasteiger partial charge in [-0.1, -0.05) is 48.0 Å². The molecule has 0 unspecified atom stereocenters. The number of ether oxygens (including phenoxy) is 1. The summed E-state index contributed by atoms with van der Waals surface area (Å²) in [6, 6.07) is 22.3. The van der Waals surface area contributed by atoms with Crippen molar-refractivity contribution >= 4 is 11.6 Å². The summed E-state index contributed by atoms with van der Waals surface area (Å²) in [5, 5.41) is 0.760. The quantitative estimate of drug-likeness (QED) is 0.631. The maximum atomic E-state index is 6.20. The van der Waals surface area contributed by atoms with Crippen LogP contribution in [0.15, 0.2) is 72.9 Å². The lowest BCUT2D eigenvalue weighted by Crippen LogP contribution is -2.20. The third-order valence-corrected chi connectivity index (χ3v) is 4.56. The molecule has 0 saturated carbocycles. The van der Waals surface area contributed by atoms with Crippen LogP contribution in [0.25, 0.3) is 0 Å². The third-order valence-electron chi connectivity index (χ3n) is 4.30. The Bertz CT molecular complexity index is 801. The number of halogens is 1. The Morgan fingerprint density at radius 2 is 1.70 bits per heavy atom. The summed E-state index contributed by atoms with van der Waals surface area (Å²) in [6.45, 7) is 0. The van der Waals surface area contributed by atoms with E-state index in [1.54, 1.807) is 0 Å². The molecule has 2 aromatic carbocycles. The molecule has 0 aliphatic carbocycles. The van der Waals surface area contributed by atoms with E-state index in [4.69, 9.17) is 16.3 Å². The van der Waals surface area contributed by atoms with E-state index in [2.05, 4.69) is 29.2 Å². The SMILES string of the molecule is Clc1ccc([C@H]2C[C@@H](c3ccccn3)Oc3ccccc32)cc1. The second-order valence-corrected chi connectivity index (χ2v) is 6.18. The van der Waals surface area contributed by atoms with Crippen LogP contribution >= 0.6 is 11.6 Å². The van der Waals surface area contributed by atoms with E-state index >= 15 is 0 Å². The molecule has 0 spiro atoms. The molecule has 0 N–H and O–H groups in total. The lowest BCUT2D eigenvalue weighted by molar-refractivity contribution is 0.163. The van der Waals surface area contributed by atoms with Gasteiger partial charge in [0.05, 0.1) is 5.69 Å². The molecule has 1 aliphatic rings. The Morgan fingerprint density at radius 1 is 0.913 bits per heavy atom. The largest absolute Gasteiger partial charge is 0.484 e. The van der Waals surface area contributed by atoms with Gasteiger partial charge in [0.25, 0.3) is 0 Å². The highest BCUT2D eigenvalue weighted by Crippen LogP contribution is 2.44. The van der Waals surface area contributed by atoms with E-state index < -0.39 is 0 Å². The first-order chi connectivity index (χ1) is 11.3. The topological polar surface area (TPSA) is 22.1 Å². The Morgan fingerprint density at radius 3 is 2.48 bits per heavy atom. The molecule has 0 fully saturated rings. The molecular weight excluding hydrogens is 306 g/mol. The molecule has 2 atom stereocenters. The van der Waals surface area contributed by atoms with Crippen molar-refractivity contribution in [3.05, 3.63) is 94.8 Å². The predicted octanol–water partition coefficient (Wildman–Crippen LogP) is 5.39. The van der Waals surface area contributed by atoms with Gasteiger partial charge in [-0.15, -0.1) is 0 Å². The highest BCUT2D eigenvalue weighted by Gasteiger charge is 2.30. The molecule has 0 radical (unpaired) electrons. The molecule has 3 aromatic rings. The zero-order chi connectivity index (χ0) is 15.6. The second kappa shape index (κ2) is 6.05. The Balaban J connectivity index is 1.76. The van der Waals surface area contributed by atoms with Crippen LogP contribution in [0, 0.1) is 0 Å². The fourth-order valence-corrected chi connectivity index (χ4v) is 3.30. The minimum atomic E-state index is -0.0354. The number of hydrogen-bond acceptors (Lipinski definition) is 2. The lowest BCUT2D eigenvalue weighted by Gasteiger charge is -2.32. The van der Waals surface area contributed by atoms with Crippen molar-refractivity contribution in [1.29, 1.82) is 0 Å². The molecule has 1 aliphatic heterocycles. The molecule has 4 rings (SSSR count). The summed E-state index contributed by atoms with van der Waals surface area (Å²) in [6.07, 6.45) is 2.65. The first kappa shape index (κ1) is 14.3. The van der Waals surface area contributed by atoms with Crippen LogP contribution < -0.4 is 4.74 Å². The number of para-hydroxylation sites is 1. The zero-order valence-electron chi connectivity index (χ0n) is 12.5. The van der Waals surface area contributed by atoms with Crippen molar-refractivity contribution in [1.82, 2.24) is 4.98 Å². The first-order valence-electron chi connectivity index (χ1n) is 7.73. The van der Waals surface area contributed by atoms with Crippen molar-refractivity contribution in [2.24, 2.45) is 0 Å². The van der Waals surface area contributed by atoms with E-state index in [-0.39, 0.29) is 12.0 Å². The second-order valence-electron chi connectivity index (χ2n) is 5.74. The third kappa shape index (κ3) is 2.82. The van der Waals surface area contributed by atoms with Gasteiger partial charge in [-0.3, -0.25) is 4.98 Å². The van der Waals surface area contributed by atoms with Gasteiger partial charge in [0.2, 0.25) is 0 Å². The van der Waals surface area contributed by atoms with Gasteiger partial charge in [-0.05, 0) is 35.9 Å². The molecule has 0 saturated heterocycles. The fourth-order valence-electron chi connectivity index (χ4n) is 3.18. The standard InChI is InChI=1S/C20H16ClNO/c21-15-10-8-14(9-11-15)17-13-20(18-6-3-4-12-22-18)23-19-7-2-1-5-16(17)19/h1-12,17,20H,13H2/t17-,20+/m1/s1. The molecule has 2 nitrogen and oxygen atoms in total. The van der Waals surface area contributed by atoms with Crippen molar-refractivity contribution in [2.45, 2.75) is 18.4 Å². The van der Waals surface area contributed by atoms with E-state index in [0.29, 0.717) is 0 Å². The van der Waals surface area contributed by atoms with Gasteiger partial charge in [0.1, 0.15) is 11.9 Å². The molecule has 23 heavy (non-hydrogen) atoms. The summed E-state index contributed by atoms with van der Waals surface area (Å²) in [4.78, 5) is 4.47. The Labute approximate surface area is 140 Å². The van der Waals surface area contributed by atoms with Crippen LogP contribution in [-0.4, -0.2) is 4.98 Å². The summed E-state index contributed by atoms with van der Waals surface area (Å²) in [5.41, 5.74) is 3.45. The highest BCUT2D eigenvalue weighted by molar-refractivity contribution is 6.30. The molecule has 1 aromatic heterocycles. The zero-order valence-corrected chi connectivity index (χ0v) is 13.3. The van der Waals surface area contributed by atoms with Crippen molar-refractivity contribution in [2.75, 3.05) is 0 Å². The van der Waals surface area contributed by atoms with Gasteiger partial charge in [0.15, 0.2) is 0 Å². The minimum absolute atomic E-state index is 0.0354. The number of rotatable bonds is 2. The number of benzene rings is 2. The van der Waals surface area contributed by atoms with Crippen LogP contribution in [0.2, 0.25) is 5.02 Å². The van der Waals surface area contributed by atoms with Crippen molar-refractivity contribution < 1.29 is 4.74 Å². The van der Waals surface area contributed by atoms with E-state index in [9.17, 15) is 0 Å². The number of hydrogen-bond donors (Lipinski definition) is 0. The van der Waals surface area contributed by atoms with Crippen LogP contribution in [0.5, 0.6) is 5.75 Å². The van der Waals surface area contributed by atoms with Crippen LogP contribution in [0.1, 0.15) is 35.3 Å². The predicted molar refractivity (Wildman–Crippen MR) is 92.0 cm³/mol. The average molecular weight is 322 g/mol. The van der Waals surface area contributed by atoms with E-state index in [1.165, 1.54) is 11.1 Å². The molecule has 3 heteroatoms. The monoisotopic (exact) mass is 321 g/mol. The number of nitrogens with zero attached hydrogens (tertiary/aromatic N) is 1. The molecular formula is C20H16ClNO. The minimum Gasteiger partial charge on any atom is -0.484 e. The summed E-state index contributed by atoms with van der Waals surface area (Å²) >= 11 is 6.04. The number of pyridine rings is 1. The van der Waals surface area contributed by atoms with Gasteiger partial charge < -0.3 is 4.74 Å². The smallest absolute Gasteiger partial charge is 0.141 e. The summed E-state index contributed by atoms with van der Waals surface area (Å²) in [5.74, 6) is 1.22. The highest BCUT2D eigenvalue weighted by atomic mass is 35.5. The van der Waals surface area contributed by atoms with E-state index in [0.717, 1.165) is 22.9 Å². The average Bonchev–Trinajstić information content (AvgIpc) is 2.62. The maximum Gasteiger partial charge on any atom is 0.141 e. The molecule has 2 heterocycles. The number of aromatic nitrogens is 1. The van der Waals surface area contributed by atoms with Gasteiger partial charge in [-0.2, -0.15) is 0 Å². The Hall–Kier alpha value is -2.32. The van der Waals surface area contributed by atoms with Crippen molar-refractivity contribution in [3.8, 4) is 5.75 Å². The molecule has 114 valence electrons. The molecule has 0 amide bonds. The van der Waals surface area contributed by atoms with Crippen LogP contribution in [0.3, 0.4) is 0 Å². The van der Waals surface area contributed by atoms with Crippen molar-refractivity contribution in [3.63, 3.8) is 0 Å². The number of fused-ring (bicyclic) bond motifs is 1. The normalized spacial score (nSPS) is 19.7. The van der Waals surface area contributed by atoms with E-state index in [1.807, 2.05) is 48.7 Å². The Kier molecular flexibility index (Phi) is 3.76. The van der Waals surface area contributed by atoms with Crippen LogP contribution in [0.4, 0.5) is 0 Å². The lowest BCUT2D eigenvalue weighted by atomic mass is 9.83. The fraction of sp³-hybridized carbons (Fsp3) is 0.150. The molecule has 0 bridgehead atoms. The van der Waals surface area contributed by atoms with Gasteiger partial charge in [-0.25, -0.2) is 0 Å².